The predicted molar refractivity (Wildman–Crippen MR) is 78.8 cm³/mol. The highest BCUT2D eigenvalue weighted by atomic mass is 35.5. The number of nitrogens with zero attached hydrogens (tertiary/aromatic N) is 1. The van der Waals surface area contributed by atoms with Crippen LogP contribution in [0.4, 0.5) is 10.1 Å². The van der Waals surface area contributed by atoms with E-state index in [1.54, 1.807) is 12.1 Å². The fourth-order valence-electron chi connectivity index (χ4n) is 1.67. The van der Waals surface area contributed by atoms with Crippen LogP contribution in [0.3, 0.4) is 0 Å². The second-order valence-corrected chi connectivity index (χ2v) is 6.42. The summed E-state index contributed by atoms with van der Waals surface area (Å²) in [6.45, 7) is 0. The van der Waals surface area contributed by atoms with Crippen molar-refractivity contribution < 1.29 is 12.8 Å². The summed E-state index contributed by atoms with van der Waals surface area (Å²) >= 11 is 5.78. The highest BCUT2D eigenvalue weighted by Crippen LogP contribution is 2.24. The Hall–Kier alpha value is -2.10. The van der Waals surface area contributed by atoms with Gasteiger partial charge in [0.1, 0.15) is 5.82 Å². The number of sulfonamides is 1. The number of anilines is 1. The summed E-state index contributed by atoms with van der Waals surface area (Å²) in [5.41, 5.74) is 1.09. The minimum absolute atomic E-state index is 0.0154. The molecule has 21 heavy (non-hydrogen) atoms. The lowest BCUT2D eigenvalue weighted by atomic mass is 10.2. The average Bonchev–Trinajstić information content (AvgIpc) is 2.42. The molecule has 7 heteroatoms. The largest absolute Gasteiger partial charge is 0.282 e. The van der Waals surface area contributed by atoms with E-state index >= 15 is 0 Å². The lowest BCUT2D eigenvalue weighted by molar-refractivity contribution is 0.600. The minimum Gasteiger partial charge on any atom is -0.282 e. The van der Waals surface area contributed by atoms with E-state index in [4.69, 9.17) is 16.9 Å². The van der Waals surface area contributed by atoms with Crippen LogP contribution in [0.1, 0.15) is 11.1 Å². The van der Waals surface area contributed by atoms with Crippen molar-refractivity contribution in [3.8, 4) is 6.07 Å². The minimum atomic E-state index is -3.68. The molecular weight excluding hydrogens is 315 g/mol. The van der Waals surface area contributed by atoms with E-state index in [2.05, 4.69) is 4.72 Å². The SMILES string of the molecule is N#Cc1ccc(CS(=O)(=O)Nc2ccc(F)cc2Cl)cc1. The Kier molecular flexibility index (Phi) is 4.46. The molecule has 2 aromatic carbocycles. The molecule has 0 aliphatic carbocycles. The standard InChI is InChI=1S/C14H10ClFN2O2S/c15-13-7-12(16)5-6-14(13)18-21(19,20)9-11-3-1-10(8-17)2-4-11/h1-7,18H,9H2. The molecule has 0 unspecified atom stereocenters. The van der Waals surface area contributed by atoms with Gasteiger partial charge in [-0.2, -0.15) is 5.26 Å². The fourth-order valence-corrected chi connectivity index (χ4v) is 3.16. The maximum absolute atomic E-state index is 12.9. The third-order valence-corrected chi connectivity index (χ3v) is 4.19. The number of halogens is 2. The van der Waals surface area contributed by atoms with Gasteiger partial charge in [-0.25, -0.2) is 12.8 Å². The molecule has 0 atom stereocenters. The molecule has 0 bridgehead atoms. The summed E-state index contributed by atoms with van der Waals surface area (Å²) < 4.78 is 39.3. The lowest BCUT2D eigenvalue weighted by Crippen LogP contribution is -2.15. The second kappa shape index (κ2) is 6.12. The summed E-state index contributed by atoms with van der Waals surface area (Å²) in [7, 11) is -3.68. The Labute approximate surface area is 126 Å². The van der Waals surface area contributed by atoms with Crippen LogP contribution < -0.4 is 4.72 Å². The Bertz CT molecular complexity index is 799. The molecule has 0 saturated heterocycles. The molecule has 0 amide bonds. The molecule has 4 nitrogen and oxygen atoms in total. The Morgan fingerprint density at radius 3 is 2.43 bits per heavy atom. The molecule has 0 radical (unpaired) electrons. The molecule has 1 N–H and O–H groups in total. The monoisotopic (exact) mass is 324 g/mol. The molecular formula is C14H10ClFN2O2S. The predicted octanol–water partition coefficient (Wildman–Crippen LogP) is 3.29. The normalized spacial score (nSPS) is 10.9. The maximum Gasteiger partial charge on any atom is 0.236 e. The third kappa shape index (κ3) is 4.18. The van der Waals surface area contributed by atoms with Gasteiger partial charge in [0.15, 0.2) is 0 Å². The van der Waals surface area contributed by atoms with E-state index in [-0.39, 0.29) is 16.5 Å². The van der Waals surface area contributed by atoms with Gasteiger partial charge in [-0.1, -0.05) is 23.7 Å². The number of rotatable bonds is 4. The first-order chi connectivity index (χ1) is 9.89. The molecule has 0 spiro atoms. The molecule has 0 aromatic heterocycles. The molecule has 2 rings (SSSR count). The Morgan fingerprint density at radius 1 is 1.19 bits per heavy atom. The first-order valence-corrected chi connectivity index (χ1v) is 7.87. The van der Waals surface area contributed by atoms with Gasteiger partial charge >= 0.3 is 0 Å². The number of nitriles is 1. The van der Waals surface area contributed by atoms with Crippen LogP contribution in [0.2, 0.25) is 5.02 Å². The van der Waals surface area contributed by atoms with Crippen LogP contribution in [0.25, 0.3) is 0 Å². The first kappa shape index (κ1) is 15.3. The second-order valence-electron chi connectivity index (χ2n) is 4.29. The zero-order chi connectivity index (χ0) is 15.5. The van der Waals surface area contributed by atoms with Crippen LogP contribution in [0.5, 0.6) is 0 Å². The summed E-state index contributed by atoms with van der Waals surface area (Å²) in [5.74, 6) is -0.818. The third-order valence-electron chi connectivity index (χ3n) is 2.64. The Balaban J connectivity index is 2.16. The van der Waals surface area contributed by atoms with Gasteiger partial charge in [0, 0.05) is 0 Å². The van der Waals surface area contributed by atoms with Gasteiger partial charge in [0.25, 0.3) is 0 Å². The van der Waals surface area contributed by atoms with E-state index in [0.29, 0.717) is 11.1 Å². The summed E-state index contributed by atoms with van der Waals surface area (Å²) in [5, 5.41) is 8.67. The zero-order valence-corrected chi connectivity index (χ0v) is 12.2. The smallest absolute Gasteiger partial charge is 0.236 e. The molecule has 0 fully saturated rings. The van der Waals surface area contributed by atoms with Gasteiger partial charge in [-0.3, -0.25) is 4.72 Å². The van der Waals surface area contributed by atoms with Gasteiger partial charge in [0.2, 0.25) is 10.0 Å². The van der Waals surface area contributed by atoms with E-state index in [1.807, 2.05) is 6.07 Å². The quantitative estimate of drug-likeness (QED) is 0.938. The van der Waals surface area contributed by atoms with Crippen LogP contribution in [0, 0.1) is 17.1 Å². The van der Waals surface area contributed by atoms with Gasteiger partial charge in [-0.05, 0) is 35.9 Å². The summed E-state index contributed by atoms with van der Waals surface area (Å²) in [6.07, 6.45) is 0. The van der Waals surface area contributed by atoms with Gasteiger partial charge in [-0.15, -0.1) is 0 Å². The molecule has 0 heterocycles. The van der Waals surface area contributed by atoms with Crippen LogP contribution in [-0.2, 0) is 15.8 Å². The lowest BCUT2D eigenvalue weighted by Gasteiger charge is -2.09. The van der Waals surface area contributed by atoms with Gasteiger partial charge < -0.3 is 0 Å². The topological polar surface area (TPSA) is 70.0 Å². The summed E-state index contributed by atoms with van der Waals surface area (Å²) in [4.78, 5) is 0. The van der Waals surface area contributed by atoms with Crippen LogP contribution in [0.15, 0.2) is 42.5 Å². The molecule has 0 aliphatic rings. The maximum atomic E-state index is 12.9. The highest BCUT2D eigenvalue weighted by Gasteiger charge is 2.14. The number of nitrogens with one attached hydrogen (secondary N) is 1. The van der Waals surface area contributed by atoms with Crippen molar-refractivity contribution in [1.82, 2.24) is 0 Å². The van der Waals surface area contributed by atoms with Crippen molar-refractivity contribution in [1.29, 1.82) is 5.26 Å². The van der Waals surface area contributed by atoms with E-state index in [0.717, 1.165) is 12.1 Å². The van der Waals surface area contributed by atoms with Crippen LogP contribution in [-0.4, -0.2) is 8.42 Å². The van der Waals surface area contributed by atoms with Crippen LogP contribution >= 0.6 is 11.6 Å². The molecule has 0 aliphatic heterocycles. The van der Waals surface area contributed by atoms with E-state index in [9.17, 15) is 12.8 Å². The molecule has 108 valence electrons. The van der Waals surface area contributed by atoms with E-state index < -0.39 is 15.8 Å². The summed E-state index contributed by atoms with van der Waals surface area (Å²) in [6, 6.07) is 11.5. The average molecular weight is 325 g/mol. The molecule has 0 saturated carbocycles. The van der Waals surface area contributed by atoms with Gasteiger partial charge in [0.05, 0.1) is 28.1 Å². The van der Waals surface area contributed by atoms with Crippen molar-refractivity contribution in [2.45, 2.75) is 5.75 Å². The Morgan fingerprint density at radius 2 is 1.86 bits per heavy atom. The fraction of sp³-hybridized carbons (Fsp3) is 0.0714. The number of hydrogen-bond acceptors (Lipinski definition) is 3. The van der Waals surface area contributed by atoms with Crippen molar-refractivity contribution in [2.24, 2.45) is 0 Å². The number of benzene rings is 2. The molecule has 2 aromatic rings. The van der Waals surface area contributed by atoms with Crippen molar-refractivity contribution in [2.75, 3.05) is 4.72 Å². The van der Waals surface area contributed by atoms with Crippen molar-refractivity contribution >= 4 is 27.3 Å². The zero-order valence-electron chi connectivity index (χ0n) is 10.7. The van der Waals surface area contributed by atoms with Crippen molar-refractivity contribution in [3.05, 3.63) is 64.4 Å². The van der Waals surface area contributed by atoms with E-state index in [1.165, 1.54) is 18.2 Å². The highest BCUT2D eigenvalue weighted by molar-refractivity contribution is 7.91. The first-order valence-electron chi connectivity index (χ1n) is 5.84. The van der Waals surface area contributed by atoms with Crippen molar-refractivity contribution in [3.63, 3.8) is 0 Å². The number of hydrogen-bond donors (Lipinski definition) is 1.